The van der Waals surface area contributed by atoms with Crippen molar-refractivity contribution in [2.45, 2.75) is 25.8 Å². The highest BCUT2D eigenvalue weighted by Crippen LogP contribution is 2.15. The number of benzene rings is 1. The van der Waals surface area contributed by atoms with Crippen LogP contribution in [0.5, 0.6) is 0 Å². The average Bonchev–Trinajstić information content (AvgIpc) is 2.40. The zero-order valence-corrected chi connectivity index (χ0v) is 10.0. The summed E-state index contributed by atoms with van der Waals surface area (Å²) in [5.41, 5.74) is 9.77. The van der Waals surface area contributed by atoms with E-state index in [1.54, 1.807) is 12.4 Å². The molecule has 88 valence electrons. The molecular formula is C14H17N3. The van der Waals surface area contributed by atoms with Gasteiger partial charge < -0.3 is 5.73 Å². The highest BCUT2D eigenvalue weighted by atomic mass is 15.1. The van der Waals surface area contributed by atoms with Crippen LogP contribution in [-0.4, -0.2) is 10.2 Å². The van der Waals surface area contributed by atoms with E-state index in [0.29, 0.717) is 0 Å². The van der Waals surface area contributed by atoms with Gasteiger partial charge in [-0.3, -0.25) is 0 Å². The first-order valence-corrected chi connectivity index (χ1v) is 5.89. The maximum absolute atomic E-state index is 6.13. The molecule has 0 radical (unpaired) electrons. The van der Waals surface area contributed by atoms with Crippen LogP contribution >= 0.6 is 0 Å². The van der Waals surface area contributed by atoms with Gasteiger partial charge in [-0.25, -0.2) is 0 Å². The minimum atomic E-state index is -0.0158. The van der Waals surface area contributed by atoms with Crippen LogP contribution in [0.2, 0.25) is 0 Å². The Morgan fingerprint density at radius 2 is 1.76 bits per heavy atom. The molecule has 3 heteroatoms. The average molecular weight is 227 g/mol. The Kier molecular flexibility index (Phi) is 3.83. The highest BCUT2D eigenvalue weighted by molar-refractivity contribution is 5.25. The smallest absolute Gasteiger partial charge is 0.0544 e. The van der Waals surface area contributed by atoms with Crippen LogP contribution in [0.3, 0.4) is 0 Å². The van der Waals surface area contributed by atoms with E-state index in [0.717, 1.165) is 18.4 Å². The molecule has 0 aliphatic rings. The number of nitrogens with two attached hydrogens (primary N) is 1. The molecule has 1 heterocycles. The molecule has 0 fully saturated rings. The van der Waals surface area contributed by atoms with Crippen LogP contribution in [0.25, 0.3) is 0 Å². The third kappa shape index (κ3) is 3.11. The van der Waals surface area contributed by atoms with Crippen LogP contribution in [0, 0.1) is 0 Å². The van der Waals surface area contributed by atoms with Crippen LogP contribution in [0.1, 0.15) is 29.7 Å². The second-order valence-electron chi connectivity index (χ2n) is 4.16. The largest absolute Gasteiger partial charge is 0.324 e. The van der Waals surface area contributed by atoms with Crippen molar-refractivity contribution in [3.05, 3.63) is 59.4 Å². The molecule has 1 aromatic carbocycles. The molecule has 0 amide bonds. The van der Waals surface area contributed by atoms with E-state index >= 15 is 0 Å². The van der Waals surface area contributed by atoms with Gasteiger partial charge in [0, 0.05) is 12.2 Å². The number of hydrogen-bond acceptors (Lipinski definition) is 3. The molecule has 1 atom stereocenters. The van der Waals surface area contributed by atoms with E-state index in [1.807, 2.05) is 6.07 Å². The number of hydrogen-bond donors (Lipinski definition) is 1. The third-order valence-electron chi connectivity index (χ3n) is 2.92. The molecule has 17 heavy (non-hydrogen) atoms. The first kappa shape index (κ1) is 11.7. The number of aryl methyl sites for hydroxylation is 1. The fourth-order valence-corrected chi connectivity index (χ4v) is 1.80. The Balaban J connectivity index is 2.05. The second-order valence-corrected chi connectivity index (χ2v) is 4.16. The van der Waals surface area contributed by atoms with Crippen molar-refractivity contribution < 1.29 is 0 Å². The first-order chi connectivity index (χ1) is 8.29. The first-order valence-electron chi connectivity index (χ1n) is 5.89. The molecule has 3 nitrogen and oxygen atoms in total. The van der Waals surface area contributed by atoms with E-state index in [9.17, 15) is 0 Å². The molecule has 0 aliphatic carbocycles. The van der Waals surface area contributed by atoms with Gasteiger partial charge in [0.1, 0.15) is 0 Å². The molecule has 0 saturated heterocycles. The molecule has 1 unspecified atom stereocenters. The van der Waals surface area contributed by atoms with Gasteiger partial charge in [0.25, 0.3) is 0 Å². The van der Waals surface area contributed by atoms with Crippen LogP contribution in [0.4, 0.5) is 0 Å². The zero-order valence-electron chi connectivity index (χ0n) is 10.0. The molecule has 0 aliphatic heterocycles. The summed E-state index contributed by atoms with van der Waals surface area (Å²) < 4.78 is 0. The van der Waals surface area contributed by atoms with Gasteiger partial charge in [-0.2, -0.15) is 10.2 Å². The van der Waals surface area contributed by atoms with Crippen molar-refractivity contribution in [1.82, 2.24) is 10.2 Å². The maximum Gasteiger partial charge on any atom is 0.0544 e. The van der Waals surface area contributed by atoms with Crippen molar-refractivity contribution in [3.8, 4) is 0 Å². The van der Waals surface area contributed by atoms with Gasteiger partial charge in [-0.05, 0) is 35.6 Å². The molecule has 0 spiro atoms. The number of nitrogens with zero attached hydrogens (tertiary/aromatic N) is 2. The molecule has 0 saturated carbocycles. The summed E-state index contributed by atoms with van der Waals surface area (Å²) in [6.07, 6.45) is 5.30. The normalized spacial score (nSPS) is 12.4. The van der Waals surface area contributed by atoms with Crippen molar-refractivity contribution >= 4 is 0 Å². The molecule has 0 bridgehead atoms. The SMILES string of the molecule is CCc1ccc(CC(N)c2ccnnc2)cc1. The van der Waals surface area contributed by atoms with Crippen LogP contribution < -0.4 is 5.73 Å². The Bertz CT molecular complexity index is 451. The Morgan fingerprint density at radius 3 is 2.35 bits per heavy atom. The Morgan fingerprint density at radius 1 is 1.06 bits per heavy atom. The summed E-state index contributed by atoms with van der Waals surface area (Å²) in [6.45, 7) is 2.16. The van der Waals surface area contributed by atoms with Crippen molar-refractivity contribution in [1.29, 1.82) is 0 Å². The lowest BCUT2D eigenvalue weighted by atomic mass is 10.00. The summed E-state index contributed by atoms with van der Waals surface area (Å²) in [5, 5.41) is 7.60. The lowest BCUT2D eigenvalue weighted by Gasteiger charge is -2.11. The summed E-state index contributed by atoms with van der Waals surface area (Å²) in [4.78, 5) is 0. The van der Waals surface area contributed by atoms with Crippen molar-refractivity contribution in [2.75, 3.05) is 0 Å². The molecular weight excluding hydrogens is 210 g/mol. The van der Waals surface area contributed by atoms with Crippen LogP contribution in [0.15, 0.2) is 42.7 Å². The van der Waals surface area contributed by atoms with Crippen molar-refractivity contribution in [3.63, 3.8) is 0 Å². The molecule has 1 aromatic heterocycles. The fraction of sp³-hybridized carbons (Fsp3) is 0.286. The maximum atomic E-state index is 6.13. The fourth-order valence-electron chi connectivity index (χ4n) is 1.80. The summed E-state index contributed by atoms with van der Waals surface area (Å²) in [6, 6.07) is 10.5. The standard InChI is InChI=1S/C14H17N3/c1-2-11-3-5-12(6-4-11)9-14(15)13-7-8-16-17-10-13/h3-8,10,14H,2,9,15H2,1H3. The number of aromatic nitrogens is 2. The van der Waals surface area contributed by atoms with E-state index in [2.05, 4.69) is 41.4 Å². The molecule has 2 aromatic rings. The highest BCUT2D eigenvalue weighted by Gasteiger charge is 2.06. The monoisotopic (exact) mass is 227 g/mol. The van der Waals surface area contributed by atoms with Gasteiger partial charge in [0.2, 0.25) is 0 Å². The Labute approximate surface area is 102 Å². The number of rotatable bonds is 4. The lowest BCUT2D eigenvalue weighted by Crippen LogP contribution is -2.13. The van der Waals surface area contributed by atoms with Gasteiger partial charge in [-0.15, -0.1) is 0 Å². The Hall–Kier alpha value is -1.74. The summed E-state index contributed by atoms with van der Waals surface area (Å²) in [7, 11) is 0. The summed E-state index contributed by atoms with van der Waals surface area (Å²) in [5.74, 6) is 0. The van der Waals surface area contributed by atoms with Gasteiger partial charge >= 0.3 is 0 Å². The summed E-state index contributed by atoms with van der Waals surface area (Å²) >= 11 is 0. The minimum absolute atomic E-state index is 0.0158. The second kappa shape index (κ2) is 5.55. The predicted octanol–water partition coefficient (Wildman–Crippen LogP) is 2.28. The van der Waals surface area contributed by atoms with E-state index in [1.165, 1.54) is 11.1 Å². The van der Waals surface area contributed by atoms with E-state index in [4.69, 9.17) is 5.73 Å². The van der Waals surface area contributed by atoms with E-state index in [-0.39, 0.29) is 6.04 Å². The van der Waals surface area contributed by atoms with Gasteiger partial charge in [-0.1, -0.05) is 31.2 Å². The lowest BCUT2D eigenvalue weighted by molar-refractivity contribution is 0.712. The quantitative estimate of drug-likeness (QED) is 0.871. The van der Waals surface area contributed by atoms with Crippen molar-refractivity contribution in [2.24, 2.45) is 5.73 Å². The topological polar surface area (TPSA) is 51.8 Å². The van der Waals surface area contributed by atoms with Gasteiger partial charge in [0.15, 0.2) is 0 Å². The molecule has 2 rings (SSSR count). The van der Waals surface area contributed by atoms with Gasteiger partial charge in [0.05, 0.1) is 6.20 Å². The van der Waals surface area contributed by atoms with Crippen LogP contribution in [-0.2, 0) is 12.8 Å². The third-order valence-corrected chi connectivity index (χ3v) is 2.92. The predicted molar refractivity (Wildman–Crippen MR) is 68.5 cm³/mol. The zero-order chi connectivity index (χ0) is 12.1. The molecule has 2 N–H and O–H groups in total. The van der Waals surface area contributed by atoms with E-state index < -0.39 is 0 Å². The minimum Gasteiger partial charge on any atom is -0.324 e.